The maximum Gasteiger partial charge on any atom is 0.275 e. The Labute approximate surface area is 143 Å². The summed E-state index contributed by atoms with van der Waals surface area (Å²) < 4.78 is 12.9. The number of rotatable bonds is 5. The molecule has 0 radical (unpaired) electrons. The summed E-state index contributed by atoms with van der Waals surface area (Å²) in [7, 11) is 0. The normalized spacial score (nSPS) is 13.2. The van der Waals surface area contributed by atoms with Crippen molar-refractivity contribution in [2.45, 2.75) is 19.3 Å². The van der Waals surface area contributed by atoms with Gasteiger partial charge in [0.05, 0.1) is 11.9 Å². The average Bonchev–Trinajstić information content (AvgIpc) is 3.06. The van der Waals surface area contributed by atoms with E-state index in [1.54, 1.807) is 0 Å². The first-order valence-corrected chi connectivity index (χ1v) is 7.86. The number of H-pyrrole nitrogens is 1. The van der Waals surface area contributed by atoms with Crippen molar-refractivity contribution < 1.29 is 14.0 Å². The predicted molar refractivity (Wildman–Crippen MR) is 92.6 cm³/mol. The predicted octanol–water partition coefficient (Wildman–Crippen LogP) is 3.41. The highest BCUT2D eigenvalue weighted by Gasteiger charge is 2.17. The molecule has 1 heterocycles. The Morgan fingerprint density at radius 1 is 1.20 bits per heavy atom. The Balaban J connectivity index is 1.64. The maximum absolute atomic E-state index is 12.9. The van der Waals surface area contributed by atoms with Crippen molar-refractivity contribution in [3.63, 3.8) is 0 Å². The summed E-state index contributed by atoms with van der Waals surface area (Å²) in [5, 5.41) is 11.7. The molecule has 0 fully saturated rings. The van der Waals surface area contributed by atoms with Gasteiger partial charge in [0.1, 0.15) is 11.5 Å². The van der Waals surface area contributed by atoms with Gasteiger partial charge in [-0.2, -0.15) is 5.10 Å². The molecular weight excluding hydrogens is 323 g/mol. The molecule has 0 unspecified atom stereocenters. The molecule has 0 aliphatic heterocycles. The summed E-state index contributed by atoms with van der Waals surface area (Å²) in [6.07, 6.45) is 9.35. The molecule has 6 nitrogen and oxygen atoms in total. The van der Waals surface area contributed by atoms with Gasteiger partial charge in [0.15, 0.2) is 0 Å². The zero-order valence-electron chi connectivity index (χ0n) is 13.4. The van der Waals surface area contributed by atoms with E-state index in [9.17, 15) is 14.0 Å². The van der Waals surface area contributed by atoms with E-state index < -0.39 is 5.91 Å². The Kier molecular flexibility index (Phi) is 5.03. The number of hydrogen-bond acceptors (Lipinski definition) is 3. The topological polar surface area (TPSA) is 86.9 Å². The van der Waals surface area contributed by atoms with Crippen molar-refractivity contribution in [3.05, 3.63) is 65.8 Å². The van der Waals surface area contributed by atoms with Gasteiger partial charge >= 0.3 is 0 Å². The van der Waals surface area contributed by atoms with Gasteiger partial charge in [-0.1, -0.05) is 23.8 Å². The van der Waals surface area contributed by atoms with E-state index in [4.69, 9.17) is 0 Å². The van der Waals surface area contributed by atoms with Crippen LogP contribution in [0.4, 0.5) is 15.8 Å². The molecule has 1 aliphatic rings. The summed E-state index contributed by atoms with van der Waals surface area (Å²) >= 11 is 0. The first-order valence-electron chi connectivity index (χ1n) is 7.86. The first kappa shape index (κ1) is 16.6. The van der Waals surface area contributed by atoms with E-state index in [1.807, 2.05) is 12.2 Å². The van der Waals surface area contributed by atoms with Gasteiger partial charge < -0.3 is 10.6 Å². The van der Waals surface area contributed by atoms with Crippen LogP contribution in [0.2, 0.25) is 0 Å². The van der Waals surface area contributed by atoms with Crippen LogP contribution >= 0.6 is 0 Å². The number of allylic oxidation sites excluding steroid dienone is 3. The van der Waals surface area contributed by atoms with Gasteiger partial charge in [-0.15, -0.1) is 0 Å². The molecule has 0 saturated heterocycles. The van der Waals surface area contributed by atoms with Crippen LogP contribution in [0, 0.1) is 5.82 Å². The van der Waals surface area contributed by atoms with Crippen LogP contribution in [0.5, 0.6) is 0 Å². The number of carbonyl (C=O) groups is 2. The lowest BCUT2D eigenvalue weighted by molar-refractivity contribution is -0.115. The number of carbonyl (C=O) groups excluding carboxylic acids is 2. The van der Waals surface area contributed by atoms with Gasteiger partial charge in [0.25, 0.3) is 5.91 Å². The maximum atomic E-state index is 12.9. The fourth-order valence-corrected chi connectivity index (χ4v) is 2.48. The van der Waals surface area contributed by atoms with E-state index in [-0.39, 0.29) is 23.8 Å². The number of halogens is 1. The van der Waals surface area contributed by atoms with Crippen molar-refractivity contribution in [2.75, 3.05) is 10.6 Å². The van der Waals surface area contributed by atoms with Gasteiger partial charge in [0, 0.05) is 12.1 Å². The van der Waals surface area contributed by atoms with E-state index in [0.717, 1.165) is 18.4 Å². The number of benzene rings is 1. The fourth-order valence-electron chi connectivity index (χ4n) is 2.48. The van der Waals surface area contributed by atoms with Gasteiger partial charge in [-0.3, -0.25) is 14.7 Å². The largest absolute Gasteiger partial charge is 0.322 e. The summed E-state index contributed by atoms with van der Waals surface area (Å²) in [6.45, 7) is 0. The van der Waals surface area contributed by atoms with E-state index in [2.05, 4.69) is 26.9 Å². The molecule has 1 aromatic heterocycles. The third-order valence-electron chi connectivity index (χ3n) is 3.73. The number of nitrogens with zero attached hydrogens (tertiary/aromatic N) is 1. The minimum absolute atomic E-state index is 0.134. The highest BCUT2D eigenvalue weighted by Crippen LogP contribution is 2.19. The van der Waals surface area contributed by atoms with Gasteiger partial charge in [0.2, 0.25) is 5.91 Å². The van der Waals surface area contributed by atoms with Crippen molar-refractivity contribution in [2.24, 2.45) is 0 Å². The Hall–Kier alpha value is -3.22. The zero-order chi connectivity index (χ0) is 17.6. The van der Waals surface area contributed by atoms with E-state index in [0.29, 0.717) is 11.4 Å². The third-order valence-corrected chi connectivity index (χ3v) is 3.73. The Bertz CT molecular complexity index is 837. The number of amides is 2. The monoisotopic (exact) mass is 340 g/mol. The number of hydrogen-bond donors (Lipinski definition) is 3. The second kappa shape index (κ2) is 7.57. The number of aromatic nitrogens is 2. The molecule has 3 rings (SSSR count). The lowest BCUT2D eigenvalue weighted by atomic mass is 10.0. The van der Waals surface area contributed by atoms with Crippen LogP contribution < -0.4 is 10.6 Å². The standard InChI is InChI=1S/C18H17FN4O2/c19-13-6-8-14(9-7-13)21-18(25)17-15(11-20-23-17)22-16(24)10-12-4-2-1-3-5-12/h1-2,4,6-9,11H,3,5,10H2,(H,20,23)(H,21,25)(H,22,24). The molecule has 0 spiro atoms. The lowest BCUT2D eigenvalue weighted by Gasteiger charge is -2.10. The SMILES string of the molecule is O=C(CC1=CC=CCC1)Nc1cn[nH]c1C(=O)Nc1ccc(F)cc1. The summed E-state index contributed by atoms with van der Waals surface area (Å²) in [5.74, 6) is -1.07. The highest BCUT2D eigenvalue weighted by atomic mass is 19.1. The minimum atomic E-state index is -0.473. The molecule has 7 heteroatoms. The average molecular weight is 340 g/mol. The molecule has 0 atom stereocenters. The van der Waals surface area contributed by atoms with Crippen LogP contribution in [0.3, 0.4) is 0 Å². The van der Waals surface area contributed by atoms with Crippen molar-refractivity contribution in [1.29, 1.82) is 0 Å². The summed E-state index contributed by atoms with van der Waals surface area (Å²) in [6, 6.07) is 5.39. The first-order chi connectivity index (χ1) is 12.1. The van der Waals surface area contributed by atoms with Crippen molar-refractivity contribution in [3.8, 4) is 0 Å². The molecule has 3 N–H and O–H groups in total. The smallest absolute Gasteiger partial charge is 0.275 e. The molecule has 0 bridgehead atoms. The van der Waals surface area contributed by atoms with E-state index >= 15 is 0 Å². The minimum Gasteiger partial charge on any atom is -0.322 e. The Morgan fingerprint density at radius 2 is 2.00 bits per heavy atom. The van der Waals surface area contributed by atoms with Crippen LogP contribution in [0.25, 0.3) is 0 Å². The molecule has 1 aliphatic carbocycles. The van der Waals surface area contributed by atoms with Crippen LogP contribution in [0.1, 0.15) is 29.8 Å². The fraction of sp³-hybridized carbons (Fsp3) is 0.167. The number of nitrogens with one attached hydrogen (secondary N) is 3. The second-order valence-electron chi connectivity index (χ2n) is 5.64. The van der Waals surface area contributed by atoms with Gasteiger partial charge in [-0.05, 0) is 37.1 Å². The highest BCUT2D eigenvalue weighted by molar-refractivity contribution is 6.08. The molecular formula is C18H17FN4O2. The van der Waals surface area contributed by atoms with Gasteiger partial charge in [-0.25, -0.2) is 4.39 Å². The third kappa shape index (κ3) is 4.41. The summed E-state index contributed by atoms with van der Waals surface area (Å²) in [4.78, 5) is 24.5. The molecule has 25 heavy (non-hydrogen) atoms. The molecule has 2 aromatic rings. The summed E-state index contributed by atoms with van der Waals surface area (Å²) in [5.41, 5.74) is 1.92. The lowest BCUT2D eigenvalue weighted by Crippen LogP contribution is -2.18. The van der Waals surface area contributed by atoms with Crippen molar-refractivity contribution in [1.82, 2.24) is 10.2 Å². The molecule has 2 amide bonds. The van der Waals surface area contributed by atoms with E-state index in [1.165, 1.54) is 30.5 Å². The number of aromatic amines is 1. The zero-order valence-corrected chi connectivity index (χ0v) is 13.4. The quantitative estimate of drug-likeness (QED) is 0.779. The van der Waals surface area contributed by atoms with Crippen molar-refractivity contribution >= 4 is 23.2 Å². The van der Waals surface area contributed by atoms with Crippen LogP contribution in [-0.2, 0) is 4.79 Å². The van der Waals surface area contributed by atoms with Crippen LogP contribution in [0.15, 0.2) is 54.3 Å². The Morgan fingerprint density at radius 3 is 2.72 bits per heavy atom. The molecule has 0 saturated carbocycles. The molecule has 1 aromatic carbocycles. The second-order valence-corrected chi connectivity index (χ2v) is 5.64. The number of anilines is 2. The molecule has 128 valence electrons. The van der Waals surface area contributed by atoms with Crippen LogP contribution in [-0.4, -0.2) is 22.0 Å².